The lowest BCUT2D eigenvalue weighted by atomic mass is 10.0. The Balaban J connectivity index is 2.14. The maximum absolute atomic E-state index is 13.2. The molecule has 1 heterocycles. The van der Waals surface area contributed by atoms with Crippen molar-refractivity contribution in [2.24, 2.45) is 0 Å². The van der Waals surface area contributed by atoms with Crippen LogP contribution in [0.1, 0.15) is 38.7 Å². The van der Waals surface area contributed by atoms with Crippen molar-refractivity contribution >= 4 is 5.69 Å². The van der Waals surface area contributed by atoms with Gasteiger partial charge in [-0.15, -0.1) is 0 Å². The fourth-order valence-electron chi connectivity index (χ4n) is 2.88. The molecule has 0 aliphatic carbocycles. The first-order valence-corrected chi connectivity index (χ1v) is 7.37. The molecular weight excluding hydrogens is 239 g/mol. The molecule has 1 aliphatic rings. The first-order valence-electron chi connectivity index (χ1n) is 7.37. The molecule has 0 saturated carbocycles. The quantitative estimate of drug-likeness (QED) is 0.879. The highest BCUT2D eigenvalue weighted by molar-refractivity contribution is 5.53. The second kappa shape index (κ2) is 6.38. The molecule has 3 heteroatoms. The fourth-order valence-corrected chi connectivity index (χ4v) is 2.88. The van der Waals surface area contributed by atoms with Gasteiger partial charge in [0.15, 0.2) is 0 Å². The third-order valence-corrected chi connectivity index (χ3v) is 4.09. The molecule has 0 spiro atoms. The molecule has 106 valence electrons. The number of aryl methyl sites for hydroxylation is 1. The Bertz CT molecular complexity index is 419. The number of hydrogen-bond donors (Lipinski definition) is 1. The highest BCUT2D eigenvalue weighted by Crippen LogP contribution is 2.23. The summed E-state index contributed by atoms with van der Waals surface area (Å²) >= 11 is 0. The molecular formula is C16H25FN2. The Hall–Kier alpha value is -1.09. The Morgan fingerprint density at radius 3 is 2.74 bits per heavy atom. The highest BCUT2D eigenvalue weighted by atomic mass is 19.1. The summed E-state index contributed by atoms with van der Waals surface area (Å²) in [7, 11) is 0. The van der Waals surface area contributed by atoms with E-state index in [-0.39, 0.29) is 5.82 Å². The molecule has 2 rings (SSSR count). The van der Waals surface area contributed by atoms with Crippen LogP contribution in [-0.2, 0) is 0 Å². The molecule has 1 saturated heterocycles. The first kappa shape index (κ1) is 14.3. The monoisotopic (exact) mass is 264 g/mol. The van der Waals surface area contributed by atoms with Crippen LogP contribution in [0.25, 0.3) is 0 Å². The van der Waals surface area contributed by atoms with Gasteiger partial charge in [-0.1, -0.05) is 6.92 Å². The van der Waals surface area contributed by atoms with E-state index in [0.29, 0.717) is 12.1 Å². The van der Waals surface area contributed by atoms with Crippen LogP contribution < -0.4 is 10.2 Å². The molecule has 2 nitrogen and oxygen atoms in total. The van der Waals surface area contributed by atoms with Crippen LogP contribution in [0.4, 0.5) is 10.1 Å². The molecule has 1 aromatic rings. The molecule has 19 heavy (non-hydrogen) atoms. The van der Waals surface area contributed by atoms with Gasteiger partial charge < -0.3 is 10.2 Å². The molecule has 1 aliphatic heterocycles. The van der Waals surface area contributed by atoms with E-state index in [1.807, 2.05) is 13.0 Å². The maximum Gasteiger partial charge on any atom is 0.123 e. The third-order valence-electron chi connectivity index (χ3n) is 4.09. The van der Waals surface area contributed by atoms with Crippen molar-refractivity contribution in [2.75, 3.05) is 18.0 Å². The number of anilines is 1. The number of hydrogen-bond acceptors (Lipinski definition) is 2. The van der Waals surface area contributed by atoms with Crippen molar-refractivity contribution in [3.8, 4) is 0 Å². The zero-order valence-corrected chi connectivity index (χ0v) is 12.2. The van der Waals surface area contributed by atoms with Gasteiger partial charge in [-0.05, 0) is 56.9 Å². The molecule has 2 unspecified atom stereocenters. The van der Waals surface area contributed by atoms with Crippen molar-refractivity contribution in [3.05, 3.63) is 29.6 Å². The minimum absolute atomic E-state index is 0.144. The summed E-state index contributed by atoms with van der Waals surface area (Å²) in [6.07, 6.45) is 3.45. The molecule has 2 atom stereocenters. The summed E-state index contributed by atoms with van der Waals surface area (Å²) in [5.41, 5.74) is 2.22. The Kier molecular flexibility index (Phi) is 4.81. The van der Waals surface area contributed by atoms with E-state index in [1.165, 1.54) is 12.1 Å². The lowest BCUT2D eigenvalue weighted by Gasteiger charge is -2.34. The molecule has 1 aromatic carbocycles. The van der Waals surface area contributed by atoms with Crippen molar-refractivity contribution in [1.29, 1.82) is 0 Å². The van der Waals surface area contributed by atoms with E-state index in [0.717, 1.165) is 31.5 Å². The summed E-state index contributed by atoms with van der Waals surface area (Å²) in [6.45, 7) is 8.57. The molecule has 0 radical (unpaired) electrons. The molecule has 0 aromatic heterocycles. The molecule has 1 N–H and O–H groups in total. The smallest absolute Gasteiger partial charge is 0.123 e. The van der Waals surface area contributed by atoms with Crippen LogP contribution >= 0.6 is 0 Å². The zero-order chi connectivity index (χ0) is 13.8. The fraction of sp³-hybridized carbons (Fsp3) is 0.625. The van der Waals surface area contributed by atoms with Crippen LogP contribution in [0, 0.1) is 12.7 Å². The summed E-state index contributed by atoms with van der Waals surface area (Å²) in [4.78, 5) is 2.41. The second-order valence-corrected chi connectivity index (χ2v) is 5.67. The summed E-state index contributed by atoms with van der Waals surface area (Å²) in [5, 5.41) is 3.68. The Morgan fingerprint density at radius 2 is 2.05 bits per heavy atom. The first-order chi connectivity index (χ1) is 9.10. The van der Waals surface area contributed by atoms with Crippen molar-refractivity contribution in [2.45, 2.75) is 52.1 Å². The van der Waals surface area contributed by atoms with Gasteiger partial charge in [0.1, 0.15) is 5.82 Å². The summed E-state index contributed by atoms with van der Waals surface area (Å²) in [5.74, 6) is -0.144. The molecule has 0 amide bonds. The second-order valence-electron chi connectivity index (χ2n) is 5.67. The van der Waals surface area contributed by atoms with Crippen LogP contribution in [0.2, 0.25) is 0 Å². The van der Waals surface area contributed by atoms with Crippen molar-refractivity contribution in [3.63, 3.8) is 0 Å². The minimum Gasteiger partial charge on any atom is -0.371 e. The lowest BCUT2D eigenvalue weighted by molar-refractivity contribution is 0.378. The Morgan fingerprint density at radius 1 is 1.32 bits per heavy atom. The average Bonchev–Trinajstić information content (AvgIpc) is 2.35. The SMILES string of the molecule is CCC1CCN(c2ccc(F)cc2C)CCC(C)N1. The van der Waals surface area contributed by atoms with E-state index < -0.39 is 0 Å². The standard InChI is InChI=1S/C16H25FN2/c1-4-15-8-10-19(9-7-13(3)18-15)16-6-5-14(17)11-12(16)2/h5-6,11,13,15,18H,4,7-10H2,1-3H3. The van der Waals surface area contributed by atoms with Gasteiger partial charge >= 0.3 is 0 Å². The largest absolute Gasteiger partial charge is 0.371 e. The number of benzene rings is 1. The van der Waals surface area contributed by atoms with Crippen LogP contribution in [0.3, 0.4) is 0 Å². The van der Waals surface area contributed by atoms with Gasteiger partial charge in [0.2, 0.25) is 0 Å². The van der Waals surface area contributed by atoms with E-state index in [9.17, 15) is 4.39 Å². The van der Waals surface area contributed by atoms with Crippen molar-refractivity contribution in [1.82, 2.24) is 5.32 Å². The zero-order valence-electron chi connectivity index (χ0n) is 12.2. The average molecular weight is 264 g/mol. The summed E-state index contributed by atoms with van der Waals surface area (Å²) < 4.78 is 13.2. The highest BCUT2D eigenvalue weighted by Gasteiger charge is 2.18. The third kappa shape index (κ3) is 3.69. The Labute approximate surface area is 116 Å². The topological polar surface area (TPSA) is 15.3 Å². The maximum atomic E-state index is 13.2. The van der Waals surface area contributed by atoms with E-state index in [1.54, 1.807) is 12.1 Å². The van der Waals surface area contributed by atoms with Crippen LogP contribution in [0.15, 0.2) is 18.2 Å². The number of halogens is 1. The van der Waals surface area contributed by atoms with Gasteiger partial charge in [-0.3, -0.25) is 0 Å². The van der Waals surface area contributed by atoms with Gasteiger partial charge in [0.25, 0.3) is 0 Å². The number of nitrogens with one attached hydrogen (secondary N) is 1. The predicted molar refractivity (Wildman–Crippen MR) is 79.3 cm³/mol. The lowest BCUT2D eigenvalue weighted by Crippen LogP contribution is -2.44. The minimum atomic E-state index is -0.144. The predicted octanol–water partition coefficient (Wildman–Crippen LogP) is 3.49. The van der Waals surface area contributed by atoms with Crippen LogP contribution in [-0.4, -0.2) is 25.2 Å². The molecule has 0 bridgehead atoms. The molecule has 1 fully saturated rings. The number of rotatable bonds is 2. The van der Waals surface area contributed by atoms with Gasteiger partial charge in [-0.2, -0.15) is 0 Å². The van der Waals surface area contributed by atoms with Gasteiger partial charge in [0.05, 0.1) is 0 Å². The van der Waals surface area contributed by atoms with Crippen LogP contribution in [0.5, 0.6) is 0 Å². The van der Waals surface area contributed by atoms with E-state index in [2.05, 4.69) is 24.1 Å². The number of nitrogens with zero attached hydrogens (tertiary/aromatic N) is 1. The van der Waals surface area contributed by atoms with E-state index >= 15 is 0 Å². The summed E-state index contributed by atoms with van der Waals surface area (Å²) in [6, 6.07) is 6.27. The van der Waals surface area contributed by atoms with Crippen molar-refractivity contribution < 1.29 is 4.39 Å². The van der Waals surface area contributed by atoms with Gasteiger partial charge in [-0.25, -0.2) is 4.39 Å². The van der Waals surface area contributed by atoms with Gasteiger partial charge in [0, 0.05) is 30.9 Å². The van der Waals surface area contributed by atoms with E-state index in [4.69, 9.17) is 0 Å². The normalized spacial score (nSPS) is 24.9.